The summed E-state index contributed by atoms with van der Waals surface area (Å²) in [6.45, 7) is 9.17. The molecule has 154 valence electrons. The van der Waals surface area contributed by atoms with E-state index in [4.69, 9.17) is 4.74 Å². The summed E-state index contributed by atoms with van der Waals surface area (Å²) >= 11 is 0. The van der Waals surface area contributed by atoms with Crippen LogP contribution in [-0.2, 0) is 22.6 Å². The number of ether oxygens (including phenoxy) is 1. The number of amides is 1. The molecular formula is C20H33Cl2N3O2. The minimum absolute atomic E-state index is 0. The van der Waals surface area contributed by atoms with E-state index < -0.39 is 0 Å². The molecule has 2 unspecified atom stereocenters. The highest BCUT2D eigenvalue weighted by Crippen LogP contribution is 2.27. The van der Waals surface area contributed by atoms with Gasteiger partial charge >= 0.3 is 0 Å². The van der Waals surface area contributed by atoms with Crippen LogP contribution >= 0.6 is 24.8 Å². The number of benzene rings is 1. The predicted molar refractivity (Wildman–Crippen MR) is 114 cm³/mol. The summed E-state index contributed by atoms with van der Waals surface area (Å²) < 4.78 is 5.78. The van der Waals surface area contributed by atoms with E-state index in [-0.39, 0.29) is 30.7 Å². The molecule has 0 spiro atoms. The molecule has 3 rings (SSSR count). The second kappa shape index (κ2) is 11.9. The Kier molecular flexibility index (Phi) is 10.6. The standard InChI is InChI=1S/C20H31N3O2.2ClH/c1-15-12-23(13-16(2)25-15)14-19-7-5-18(6-8-19)10-22-20(24)11-21-9-17-3-4-17;;/h5-8,15-17,21H,3-4,9-14H2,1-2H3,(H,22,24);2*1H. The maximum Gasteiger partial charge on any atom is 0.234 e. The molecule has 5 nitrogen and oxygen atoms in total. The van der Waals surface area contributed by atoms with Gasteiger partial charge in [0.2, 0.25) is 5.91 Å². The number of hydrogen-bond donors (Lipinski definition) is 2. The number of nitrogens with one attached hydrogen (secondary N) is 2. The number of carbonyl (C=O) groups excluding carboxylic acids is 1. The van der Waals surface area contributed by atoms with Gasteiger partial charge in [-0.2, -0.15) is 0 Å². The lowest BCUT2D eigenvalue weighted by atomic mass is 10.1. The van der Waals surface area contributed by atoms with E-state index in [1.54, 1.807) is 0 Å². The summed E-state index contributed by atoms with van der Waals surface area (Å²) in [6.07, 6.45) is 3.21. The second-order valence-electron chi connectivity index (χ2n) is 7.62. The zero-order valence-electron chi connectivity index (χ0n) is 16.3. The van der Waals surface area contributed by atoms with Crippen LogP contribution in [0.3, 0.4) is 0 Å². The summed E-state index contributed by atoms with van der Waals surface area (Å²) in [6, 6.07) is 8.55. The van der Waals surface area contributed by atoms with Gasteiger partial charge in [0.1, 0.15) is 0 Å². The average Bonchev–Trinajstić information content (AvgIpc) is 3.37. The Balaban J connectivity index is 0.00000182. The third kappa shape index (κ3) is 8.79. The maximum atomic E-state index is 11.8. The second-order valence-corrected chi connectivity index (χ2v) is 7.62. The molecule has 7 heteroatoms. The topological polar surface area (TPSA) is 53.6 Å². The Bertz CT molecular complexity index is 557. The molecule has 1 saturated heterocycles. The van der Waals surface area contributed by atoms with Crippen molar-refractivity contribution < 1.29 is 9.53 Å². The van der Waals surface area contributed by atoms with Crippen LogP contribution in [-0.4, -0.2) is 49.2 Å². The van der Waals surface area contributed by atoms with Gasteiger partial charge in [0.25, 0.3) is 0 Å². The fraction of sp³-hybridized carbons (Fsp3) is 0.650. The van der Waals surface area contributed by atoms with Crippen LogP contribution in [0.25, 0.3) is 0 Å². The van der Waals surface area contributed by atoms with Gasteiger partial charge in [-0.3, -0.25) is 9.69 Å². The molecule has 2 aliphatic rings. The van der Waals surface area contributed by atoms with Crippen LogP contribution in [0, 0.1) is 5.92 Å². The van der Waals surface area contributed by atoms with E-state index in [0.717, 1.165) is 37.7 Å². The first-order chi connectivity index (χ1) is 12.1. The Morgan fingerprint density at radius 3 is 2.26 bits per heavy atom. The van der Waals surface area contributed by atoms with Crippen molar-refractivity contribution in [3.8, 4) is 0 Å². The highest BCUT2D eigenvalue weighted by atomic mass is 35.5. The number of carbonyl (C=O) groups is 1. The van der Waals surface area contributed by atoms with Gasteiger partial charge in [0.05, 0.1) is 18.8 Å². The minimum atomic E-state index is 0. The van der Waals surface area contributed by atoms with Crippen molar-refractivity contribution in [2.75, 3.05) is 26.2 Å². The van der Waals surface area contributed by atoms with E-state index in [1.165, 1.54) is 18.4 Å². The van der Waals surface area contributed by atoms with Crippen LogP contribution in [0.4, 0.5) is 0 Å². The Morgan fingerprint density at radius 1 is 1.07 bits per heavy atom. The van der Waals surface area contributed by atoms with E-state index in [1.807, 2.05) is 0 Å². The van der Waals surface area contributed by atoms with Crippen LogP contribution in [0.5, 0.6) is 0 Å². The molecule has 1 heterocycles. The molecule has 1 saturated carbocycles. The number of morpholine rings is 1. The smallest absolute Gasteiger partial charge is 0.234 e. The van der Waals surface area contributed by atoms with Gasteiger partial charge in [0.15, 0.2) is 0 Å². The summed E-state index contributed by atoms with van der Waals surface area (Å²) in [5.74, 6) is 0.874. The van der Waals surface area contributed by atoms with Crippen molar-refractivity contribution in [3.05, 3.63) is 35.4 Å². The molecule has 1 aliphatic carbocycles. The molecule has 0 bridgehead atoms. The van der Waals surface area contributed by atoms with E-state index in [0.29, 0.717) is 25.3 Å². The highest BCUT2D eigenvalue weighted by molar-refractivity contribution is 5.85. The molecular weight excluding hydrogens is 385 g/mol. The first-order valence-electron chi connectivity index (χ1n) is 9.51. The van der Waals surface area contributed by atoms with E-state index in [9.17, 15) is 4.79 Å². The number of nitrogens with zero attached hydrogens (tertiary/aromatic N) is 1. The molecule has 1 aliphatic heterocycles. The Morgan fingerprint density at radius 2 is 1.67 bits per heavy atom. The van der Waals surface area contributed by atoms with E-state index in [2.05, 4.69) is 53.6 Å². The normalized spacial score (nSPS) is 22.4. The quantitative estimate of drug-likeness (QED) is 0.682. The maximum absolute atomic E-state index is 11.8. The largest absolute Gasteiger partial charge is 0.373 e. The first-order valence-corrected chi connectivity index (χ1v) is 9.51. The molecule has 1 aromatic rings. The van der Waals surface area contributed by atoms with E-state index >= 15 is 0 Å². The third-order valence-corrected chi connectivity index (χ3v) is 4.83. The molecule has 2 atom stereocenters. The summed E-state index contributed by atoms with van der Waals surface area (Å²) in [5.41, 5.74) is 2.45. The number of hydrogen-bond acceptors (Lipinski definition) is 4. The first kappa shape index (κ1) is 24.2. The number of rotatable bonds is 8. The van der Waals surface area contributed by atoms with Gasteiger partial charge in [-0.1, -0.05) is 24.3 Å². The van der Waals surface area contributed by atoms with Crippen molar-refractivity contribution in [3.63, 3.8) is 0 Å². The average molecular weight is 418 g/mol. The zero-order chi connectivity index (χ0) is 17.6. The van der Waals surface area contributed by atoms with Gasteiger partial charge in [-0.15, -0.1) is 24.8 Å². The molecule has 2 N–H and O–H groups in total. The van der Waals surface area contributed by atoms with Crippen molar-refractivity contribution in [2.45, 2.75) is 52.0 Å². The lowest BCUT2D eigenvalue weighted by Crippen LogP contribution is -2.44. The molecule has 0 radical (unpaired) electrons. The monoisotopic (exact) mass is 417 g/mol. The molecule has 27 heavy (non-hydrogen) atoms. The Labute approximate surface area is 175 Å². The summed E-state index contributed by atoms with van der Waals surface area (Å²) in [7, 11) is 0. The van der Waals surface area contributed by atoms with Gasteiger partial charge in [0, 0.05) is 26.2 Å². The summed E-state index contributed by atoms with van der Waals surface area (Å²) in [5, 5.41) is 6.19. The minimum Gasteiger partial charge on any atom is -0.373 e. The van der Waals surface area contributed by atoms with Crippen molar-refractivity contribution in [2.24, 2.45) is 5.92 Å². The highest BCUT2D eigenvalue weighted by Gasteiger charge is 2.22. The van der Waals surface area contributed by atoms with Gasteiger partial charge in [-0.25, -0.2) is 0 Å². The molecule has 0 aromatic heterocycles. The van der Waals surface area contributed by atoms with Crippen LogP contribution in [0.2, 0.25) is 0 Å². The molecule has 1 amide bonds. The SMILES string of the molecule is CC1CN(Cc2ccc(CNC(=O)CNCC3CC3)cc2)CC(C)O1.Cl.Cl. The van der Waals surface area contributed by atoms with Crippen LogP contribution < -0.4 is 10.6 Å². The Hall–Kier alpha value is -0.850. The summed E-state index contributed by atoms with van der Waals surface area (Å²) in [4.78, 5) is 14.3. The van der Waals surface area contributed by atoms with Crippen LogP contribution in [0.1, 0.15) is 37.8 Å². The lowest BCUT2D eigenvalue weighted by Gasteiger charge is -2.35. The predicted octanol–water partition coefficient (Wildman–Crippen LogP) is 2.76. The third-order valence-electron chi connectivity index (χ3n) is 4.83. The number of halogens is 2. The van der Waals surface area contributed by atoms with Gasteiger partial charge < -0.3 is 15.4 Å². The van der Waals surface area contributed by atoms with Crippen molar-refractivity contribution in [1.82, 2.24) is 15.5 Å². The van der Waals surface area contributed by atoms with Crippen LogP contribution in [0.15, 0.2) is 24.3 Å². The van der Waals surface area contributed by atoms with Crippen molar-refractivity contribution >= 4 is 30.7 Å². The molecule has 1 aromatic carbocycles. The van der Waals surface area contributed by atoms with Crippen molar-refractivity contribution in [1.29, 1.82) is 0 Å². The fourth-order valence-electron chi connectivity index (χ4n) is 3.41. The zero-order valence-corrected chi connectivity index (χ0v) is 17.9. The van der Waals surface area contributed by atoms with Gasteiger partial charge in [-0.05, 0) is 50.3 Å². The fourth-order valence-corrected chi connectivity index (χ4v) is 3.41. The lowest BCUT2D eigenvalue weighted by molar-refractivity contribution is -0.120. The molecule has 2 fully saturated rings.